The van der Waals surface area contributed by atoms with Gasteiger partial charge in [-0.2, -0.15) is 10.2 Å². The molecule has 0 aliphatic heterocycles. The largest absolute Gasteiger partial charge is 0.159 e. The predicted octanol–water partition coefficient (Wildman–Crippen LogP) is 2.69. The minimum atomic E-state index is 0.895. The maximum atomic E-state index is 4.04. The average molecular weight is 197 g/mol. The van der Waals surface area contributed by atoms with Crippen molar-refractivity contribution in [1.29, 1.82) is 0 Å². The van der Waals surface area contributed by atoms with Crippen molar-refractivity contribution in [2.24, 2.45) is 0 Å². The van der Waals surface area contributed by atoms with Crippen LogP contribution < -0.4 is 0 Å². The van der Waals surface area contributed by atoms with E-state index in [4.69, 9.17) is 0 Å². The van der Waals surface area contributed by atoms with Crippen LogP contribution in [0.5, 0.6) is 0 Å². The number of benzene rings is 1. The van der Waals surface area contributed by atoms with Crippen molar-refractivity contribution in [1.82, 2.24) is 10.2 Å². The summed E-state index contributed by atoms with van der Waals surface area (Å²) in [4.78, 5) is 0. The maximum absolute atomic E-state index is 4.04. The zero-order chi connectivity index (χ0) is 10.7. The van der Waals surface area contributed by atoms with Gasteiger partial charge in [0, 0.05) is 12.6 Å². The Kier molecular flexibility index (Phi) is 2.77. The molecular formula is C13H13N2. The molecule has 0 amide bonds. The molecule has 0 N–H and O–H groups in total. The minimum Gasteiger partial charge on any atom is -0.159 e. The van der Waals surface area contributed by atoms with Gasteiger partial charge in [0.1, 0.15) is 0 Å². The molecule has 0 saturated carbocycles. The second kappa shape index (κ2) is 4.22. The monoisotopic (exact) mass is 197 g/mol. The fraction of sp³-hybridized carbons (Fsp3) is 0.154. The highest BCUT2D eigenvalue weighted by atomic mass is 15.1. The summed E-state index contributed by atoms with van der Waals surface area (Å²) in [5.41, 5.74) is 4.61. The molecule has 2 heteroatoms. The number of nitrogens with zero attached hydrogens (tertiary/aromatic N) is 2. The fourth-order valence-electron chi connectivity index (χ4n) is 1.47. The molecule has 0 spiro atoms. The molecule has 75 valence electrons. The van der Waals surface area contributed by atoms with Crippen LogP contribution in [0.1, 0.15) is 22.4 Å². The molecule has 1 heterocycles. The summed E-state index contributed by atoms with van der Waals surface area (Å²) in [6.45, 7) is 4.19. The van der Waals surface area contributed by atoms with Gasteiger partial charge in [-0.3, -0.25) is 0 Å². The number of hydrogen-bond acceptors (Lipinski definition) is 2. The third kappa shape index (κ3) is 2.40. The smallest absolute Gasteiger partial charge is 0.0716 e. The van der Waals surface area contributed by atoms with Crippen LogP contribution in [0.2, 0.25) is 0 Å². The van der Waals surface area contributed by atoms with Crippen LogP contribution in [0.25, 0.3) is 0 Å². The van der Waals surface area contributed by atoms with Gasteiger partial charge in [-0.1, -0.05) is 23.8 Å². The molecule has 15 heavy (non-hydrogen) atoms. The molecule has 0 fully saturated rings. The van der Waals surface area contributed by atoms with Crippen molar-refractivity contribution in [2.75, 3.05) is 0 Å². The maximum Gasteiger partial charge on any atom is 0.0716 e. The van der Waals surface area contributed by atoms with Crippen LogP contribution >= 0.6 is 0 Å². The molecule has 2 rings (SSSR count). The van der Waals surface area contributed by atoms with Crippen molar-refractivity contribution in [3.05, 3.63) is 65.3 Å². The molecule has 0 unspecified atom stereocenters. The van der Waals surface area contributed by atoms with Gasteiger partial charge >= 0.3 is 0 Å². The Hall–Kier alpha value is -1.70. The lowest BCUT2D eigenvalue weighted by atomic mass is 10.0. The van der Waals surface area contributed by atoms with E-state index in [0.717, 1.165) is 5.69 Å². The second-order valence-electron chi connectivity index (χ2n) is 3.65. The van der Waals surface area contributed by atoms with Crippen molar-refractivity contribution < 1.29 is 0 Å². The van der Waals surface area contributed by atoms with Gasteiger partial charge in [-0.05, 0) is 37.1 Å². The summed E-state index contributed by atoms with van der Waals surface area (Å²) in [7, 11) is 0. The Balaban J connectivity index is 2.28. The van der Waals surface area contributed by atoms with E-state index in [2.05, 4.69) is 48.7 Å². The summed E-state index contributed by atoms with van der Waals surface area (Å²) in [5.74, 6) is 0. The molecule has 1 aromatic carbocycles. The van der Waals surface area contributed by atoms with Crippen LogP contribution in [0.3, 0.4) is 0 Å². The van der Waals surface area contributed by atoms with Gasteiger partial charge < -0.3 is 0 Å². The van der Waals surface area contributed by atoms with Crippen LogP contribution in [-0.4, -0.2) is 10.2 Å². The van der Waals surface area contributed by atoms with E-state index in [-0.39, 0.29) is 0 Å². The fourth-order valence-corrected chi connectivity index (χ4v) is 1.47. The van der Waals surface area contributed by atoms with E-state index in [9.17, 15) is 0 Å². The molecular weight excluding hydrogens is 184 g/mol. The number of rotatable bonds is 2. The lowest BCUT2D eigenvalue weighted by Gasteiger charge is -2.05. The lowest BCUT2D eigenvalue weighted by molar-refractivity contribution is 0.989. The molecule has 0 aliphatic rings. The highest BCUT2D eigenvalue weighted by Gasteiger charge is 2.01. The van der Waals surface area contributed by atoms with Crippen LogP contribution in [0.4, 0.5) is 0 Å². The van der Waals surface area contributed by atoms with Crippen molar-refractivity contribution >= 4 is 0 Å². The summed E-state index contributed by atoms with van der Waals surface area (Å²) >= 11 is 0. The minimum absolute atomic E-state index is 0.895. The molecule has 0 aliphatic carbocycles. The molecule has 0 atom stereocenters. The highest BCUT2D eigenvalue weighted by molar-refractivity contribution is 5.40. The molecule has 0 bridgehead atoms. The Bertz CT molecular complexity index is 449. The van der Waals surface area contributed by atoms with Crippen LogP contribution in [0, 0.1) is 20.3 Å². The second-order valence-corrected chi connectivity index (χ2v) is 3.65. The van der Waals surface area contributed by atoms with Gasteiger partial charge in [0.2, 0.25) is 0 Å². The first-order chi connectivity index (χ1) is 7.25. The number of aromatic nitrogens is 2. The molecule has 2 aromatic rings. The SMILES string of the molecule is Cc1ccc(C)c([CH]c2cccnn2)c1. The summed E-state index contributed by atoms with van der Waals surface area (Å²) in [5, 5.41) is 7.89. The third-order valence-electron chi connectivity index (χ3n) is 2.33. The van der Waals surface area contributed by atoms with Crippen molar-refractivity contribution in [3.63, 3.8) is 0 Å². The van der Waals surface area contributed by atoms with Gasteiger partial charge in [0.25, 0.3) is 0 Å². The number of aryl methyl sites for hydroxylation is 2. The Labute approximate surface area is 90.0 Å². The standard InChI is InChI=1S/C13H13N2/c1-10-5-6-11(2)12(8-10)9-13-4-3-7-14-15-13/h3-9H,1-2H3. The summed E-state index contributed by atoms with van der Waals surface area (Å²) in [6.07, 6.45) is 3.73. The Morgan fingerprint density at radius 3 is 2.73 bits per heavy atom. The highest BCUT2D eigenvalue weighted by Crippen LogP contribution is 2.15. The zero-order valence-electron chi connectivity index (χ0n) is 8.94. The van der Waals surface area contributed by atoms with Crippen LogP contribution in [0.15, 0.2) is 36.5 Å². The van der Waals surface area contributed by atoms with Gasteiger partial charge in [0.05, 0.1) is 5.69 Å². The normalized spacial score (nSPS) is 10.3. The van der Waals surface area contributed by atoms with Crippen molar-refractivity contribution in [2.45, 2.75) is 13.8 Å². The lowest BCUT2D eigenvalue weighted by Crippen LogP contribution is -1.94. The van der Waals surface area contributed by atoms with Gasteiger partial charge in [-0.25, -0.2) is 0 Å². The predicted molar refractivity (Wildman–Crippen MR) is 60.5 cm³/mol. The van der Waals surface area contributed by atoms with E-state index in [1.165, 1.54) is 16.7 Å². The zero-order valence-corrected chi connectivity index (χ0v) is 8.94. The van der Waals surface area contributed by atoms with E-state index in [1.54, 1.807) is 6.20 Å². The average Bonchev–Trinajstić information content (AvgIpc) is 2.25. The summed E-state index contributed by atoms with van der Waals surface area (Å²) in [6, 6.07) is 10.2. The Morgan fingerprint density at radius 1 is 1.13 bits per heavy atom. The molecule has 0 saturated heterocycles. The number of hydrogen-bond donors (Lipinski definition) is 0. The van der Waals surface area contributed by atoms with E-state index in [1.807, 2.05) is 12.1 Å². The first kappa shape index (κ1) is 9.84. The Morgan fingerprint density at radius 2 is 2.00 bits per heavy atom. The van der Waals surface area contributed by atoms with E-state index in [0.29, 0.717) is 0 Å². The summed E-state index contributed by atoms with van der Waals surface area (Å²) < 4.78 is 0. The van der Waals surface area contributed by atoms with Crippen LogP contribution in [-0.2, 0) is 0 Å². The van der Waals surface area contributed by atoms with Gasteiger partial charge in [0.15, 0.2) is 0 Å². The van der Waals surface area contributed by atoms with E-state index < -0.39 is 0 Å². The van der Waals surface area contributed by atoms with E-state index >= 15 is 0 Å². The van der Waals surface area contributed by atoms with Crippen molar-refractivity contribution in [3.8, 4) is 0 Å². The third-order valence-corrected chi connectivity index (χ3v) is 2.33. The first-order valence-corrected chi connectivity index (χ1v) is 4.95. The molecule has 2 nitrogen and oxygen atoms in total. The first-order valence-electron chi connectivity index (χ1n) is 4.95. The molecule has 1 radical (unpaired) electrons. The molecule has 1 aromatic heterocycles. The quantitative estimate of drug-likeness (QED) is 0.739. The van der Waals surface area contributed by atoms with Gasteiger partial charge in [-0.15, -0.1) is 0 Å². The topological polar surface area (TPSA) is 25.8 Å².